The van der Waals surface area contributed by atoms with Crippen LogP contribution in [0, 0.1) is 0 Å². The van der Waals surface area contributed by atoms with Gasteiger partial charge in [0.25, 0.3) is 0 Å². The van der Waals surface area contributed by atoms with Gasteiger partial charge in [-0.2, -0.15) is 0 Å². The van der Waals surface area contributed by atoms with Crippen LogP contribution in [0.2, 0.25) is 0 Å². The fraction of sp³-hybridized carbons (Fsp3) is 0.250. The van der Waals surface area contributed by atoms with Crippen LogP contribution in [0.5, 0.6) is 0 Å². The first-order valence-corrected chi connectivity index (χ1v) is 8.08. The molecule has 118 valence electrons. The van der Waals surface area contributed by atoms with E-state index in [2.05, 4.69) is 19.9 Å². The third-order valence-corrected chi connectivity index (χ3v) is 4.20. The molecule has 3 heteroatoms. The summed E-state index contributed by atoms with van der Waals surface area (Å²) in [4.78, 5) is 12.3. The molecule has 0 atom stereocenters. The van der Waals surface area contributed by atoms with Crippen LogP contribution in [0.25, 0.3) is 22.1 Å². The van der Waals surface area contributed by atoms with Crippen molar-refractivity contribution in [1.82, 2.24) is 0 Å². The van der Waals surface area contributed by atoms with Crippen molar-refractivity contribution in [2.24, 2.45) is 0 Å². The molecule has 3 rings (SSSR count). The quantitative estimate of drug-likeness (QED) is 0.719. The summed E-state index contributed by atoms with van der Waals surface area (Å²) >= 11 is 0. The number of anilines is 1. The zero-order valence-corrected chi connectivity index (χ0v) is 13.6. The van der Waals surface area contributed by atoms with E-state index in [0.29, 0.717) is 16.8 Å². The Morgan fingerprint density at radius 2 is 1.91 bits per heavy atom. The van der Waals surface area contributed by atoms with E-state index < -0.39 is 0 Å². The van der Waals surface area contributed by atoms with Gasteiger partial charge >= 0.3 is 5.63 Å². The predicted molar refractivity (Wildman–Crippen MR) is 95.7 cm³/mol. The number of hydrogen-bond acceptors (Lipinski definition) is 3. The fourth-order valence-electron chi connectivity index (χ4n) is 3.12. The van der Waals surface area contributed by atoms with Crippen molar-refractivity contribution in [2.45, 2.75) is 33.1 Å². The number of benzene rings is 2. The van der Waals surface area contributed by atoms with Crippen molar-refractivity contribution in [1.29, 1.82) is 0 Å². The minimum atomic E-state index is -0.340. The van der Waals surface area contributed by atoms with E-state index in [9.17, 15) is 4.79 Å². The molecule has 0 radical (unpaired) electrons. The van der Waals surface area contributed by atoms with Crippen molar-refractivity contribution in [3.63, 3.8) is 0 Å². The molecule has 0 aliphatic heterocycles. The highest BCUT2D eigenvalue weighted by Crippen LogP contribution is 2.29. The summed E-state index contributed by atoms with van der Waals surface area (Å²) in [7, 11) is 0. The summed E-state index contributed by atoms with van der Waals surface area (Å²) in [6.07, 6.45) is 3.04. The lowest BCUT2D eigenvalue weighted by Crippen LogP contribution is -2.03. The Morgan fingerprint density at radius 1 is 1.09 bits per heavy atom. The molecule has 23 heavy (non-hydrogen) atoms. The summed E-state index contributed by atoms with van der Waals surface area (Å²) in [6, 6.07) is 13.5. The Bertz CT molecular complexity index is 909. The van der Waals surface area contributed by atoms with Gasteiger partial charge in [-0.3, -0.25) is 0 Å². The average molecular weight is 307 g/mol. The standard InChI is InChI=1S/C20H21NO2/c1-3-6-13-7-5-8-17(16(13)4-2)19-11-14-9-10-15(21)12-18(14)20(22)23-19/h5,7-12H,3-4,6,21H2,1-2H3. The molecule has 0 aliphatic rings. The topological polar surface area (TPSA) is 56.2 Å². The fourth-order valence-corrected chi connectivity index (χ4v) is 3.12. The van der Waals surface area contributed by atoms with E-state index in [1.54, 1.807) is 12.1 Å². The average Bonchev–Trinajstić information content (AvgIpc) is 2.55. The maximum atomic E-state index is 12.3. The summed E-state index contributed by atoms with van der Waals surface area (Å²) < 4.78 is 5.60. The maximum Gasteiger partial charge on any atom is 0.344 e. The second-order valence-electron chi connectivity index (χ2n) is 5.79. The molecule has 0 aliphatic carbocycles. The van der Waals surface area contributed by atoms with Crippen LogP contribution in [0.15, 0.2) is 51.7 Å². The largest absolute Gasteiger partial charge is 0.422 e. The highest BCUT2D eigenvalue weighted by Gasteiger charge is 2.12. The summed E-state index contributed by atoms with van der Waals surface area (Å²) in [5.74, 6) is 0.627. The van der Waals surface area contributed by atoms with Gasteiger partial charge in [-0.15, -0.1) is 0 Å². The van der Waals surface area contributed by atoms with Gasteiger partial charge in [0.2, 0.25) is 0 Å². The molecule has 0 saturated carbocycles. The zero-order valence-electron chi connectivity index (χ0n) is 13.6. The molecule has 3 nitrogen and oxygen atoms in total. The summed E-state index contributed by atoms with van der Waals surface area (Å²) in [6.45, 7) is 4.31. The Hall–Kier alpha value is -2.55. The lowest BCUT2D eigenvalue weighted by Gasteiger charge is -2.13. The van der Waals surface area contributed by atoms with Gasteiger partial charge in [-0.25, -0.2) is 4.79 Å². The van der Waals surface area contributed by atoms with E-state index in [-0.39, 0.29) is 5.63 Å². The number of hydrogen-bond donors (Lipinski definition) is 1. The van der Waals surface area contributed by atoms with Gasteiger partial charge in [0, 0.05) is 11.3 Å². The van der Waals surface area contributed by atoms with Gasteiger partial charge in [0.15, 0.2) is 0 Å². The molecule has 0 saturated heterocycles. The third kappa shape index (κ3) is 2.87. The Morgan fingerprint density at radius 3 is 2.65 bits per heavy atom. The van der Waals surface area contributed by atoms with Crippen LogP contribution in [0.1, 0.15) is 31.4 Å². The number of fused-ring (bicyclic) bond motifs is 1. The minimum absolute atomic E-state index is 0.340. The minimum Gasteiger partial charge on any atom is -0.422 e. The molecule has 0 spiro atoms. The van der Waals surface area contributed by atoms with E-state index in [4.69, 9.17) is 10.2 Å². The lowest BCUT2D eigenvalue weighted by atomic mass is 9.94. The third-order valence-electron chi connectivity index (χ3n) is 4.20. The Labute approximate surface area is 135 Å². The first kappa shape index (κ1) is 15.3. The van der Waals surface area contributed by atoms with E-state index >= 15 is 0 Å². The first-order valence-electron chi connectivity index (χ1n) is 8.08. The first-order chi connectivity index (χ1) is 11.1. The van der Waals surface area contributed by atoms with Crippen molar-refractivity contribution < 1.29 is 4.42 Å². The molecule has 2 N–H and O–H groups in total. The lowest BCUT2D eigenvalue weighted by molar-refractivity contribution is 0.534. The molecule has 0 bridgehead atoms. The molecule has 1 heterocycles. The number of aryl methyl sites for hydroxylation is 1. The number of rotatable bonds is 4. The predicted octanol–water partition coefficient (Wildman–Crippen LogP) is 4.56. The highest BCUT2D eigenvalue weighted by atomic mass is 16.4. The Kier molecular flexibility index (Phi) is 4.20. The van der Waals surface area contributed by atoms with Crippen LogP contribution in [-0.4, -0.2) is 0 Å². The van der Waals surface area contributed by atoms with Crippen molar-refractivity contribution in [3.05, 3.63) is 64.0 Å². The van der Waals surface area contributed by atoms with Crippen LogP contribution in [0.4, 0.5) is 5.69 Å². The number of nitrogens with two attached hydrogens (primary N) is 1. The molecule has 3 aromatic rings. The monoisotopic (exact) mass is 307 g/mol. The van der Waals surface area contributed by atoms with Gasteiger partial charge in [-0.1, -0.05) is 44.5 Å². The van der Waals surface area contributed by atoms with Crippen LogP contribution < -0.4 is 11.4 Å². The van der Waals surface area contributed by atoms with Crippen molar-refractivity contribution in [3.8, 4) is 11.3 Å². The van der Waals surface area contributed by atoms with E-state index in [1.165, 1.54) is 11.1 Å². The maximum absolute atomic E-state index is 12.3. The van der Waals surface area contributed by atoms with E-state index in [1.807, 2.05) is 24.3 Å². The molecule has 0 amide bonds. The van der Waals surface area contributed by atoms with Gasteiger partial charge in [-0.05, 0) is 47.6 Å². The Balaban J connectivity index is 2.23. The molecule has 0 unspecified atom stereocenters. The van der Waals surface area contributed by atoms with Crippen LogP contribution in [0.3, 0.4) is 0 Å². The van der Waals surface area contributed by atoms with Crippen molar-refractivity contribution in [2.75, 3.05) is 5.73 Å². The smallest absolute Gasteiger partial charge is 0.344 e. The van der Waals surface area contributed by atoms with Crippen LogP contribution in [-0.2, 0) is 12.8 Å². The van der Waals surface area contributed by atoms with E-state index in [0.717, 1.165) is 30.2 Å². The molecular weight excluding hydrogens is 286 g/mol. The van der Waals surface area contributed by atoms with Gasteiger partial charge in [0.05, 0.1) is 5.39 Å². The van der Waals surface area contributed by atoms with Crippen LogP contribution >= 0.6 is 0 Å². The second-order valence-corrected chi connectivity index (χ2v) is 5.79. The highest BCUT2D eigenvalue weighted by molar-refractivity contribution is 5.87. The summed E-state index contributed by atoms with van der Waals surface area (Å²) in [5.41, 5.74) is 9.58. The number of nitrogen functional groups attached to an aromatic ring is 1. The molecule has 1 aromatic heterocycles. The normalized spacial score (nSPS) is 11.0. The molecule has 0 fully saturated rings. The summed E-state index contributed by atoms with van der Waals surface area (Å²) in [5, 5.41) is 1.38. The second kappa shape index (κ2) is 6.29. The molecule has 2 aromatic carbocycles. The van der Waals surface area contributed by atoms with Crippen molar-refractivity contribution >= 4 is 16.5 Å². The van der Waals surface area contributed by atoms with Gasteiger partial charge in [0.1, 0.15) is 5.76 Å². The SMILES string of the molecule is CCCc1cccc(-c2cc3ccc(N)cc3c(=O)o2)c1CC. The zero-order chi connectivity index (χ0) is 16.4. The van der Waals surface area contributed by atoms with Gasteiger partial charge < -0.3 is 10.2 Å². The molecular formula is C20H21NO2.